The quantitative estimate of drug-likeness (QED) is 0.554. The van der Waals surface area contributed by atoms with Crippen LogP contribution in [0.15, 0.2) is 12.4 Å². The number of rotatable bonds is 7. The Morgan fingerprint density at radius 2 is 2.33 bits per heavy atom. The van der Waals surface area contributed by atoms with E-state index < -0.39 is 0 Å². The van der Waals surface area contributed by atoms with Crippen molar-refractivity contribution in [2.24, 2.45) is 7.05 Å². The highest BCUT2D eigenvalue weighted by Crippen LogP contribution is 1.98. The number of likely N-dealkylation sites (N-methyl/N-ethyl adjacent to an activating group) is 1. The van der Waals surface area contributed by atoms with Gasteiger partial charge in [-0.25, -0.2) is 4.98 Å². The lowest BCUT2D eigenvalue weighted by Crippen LogP contribution is -2.24. The number of hydrogen-bond donors (Lipinski definition) is 1. The zero-order valence-corrected chi connectivity index (χ0v) is 10.3. The smallest absolute Gasteiger partial charge is 0.122 e. The Hall–Kier alpha value is -0.520. The molecular formula is C10H19N3OS. The molecule has 0 aromatic carbocycles. The van der Waals surface area contributed by atoms with Crippen LogP contribution in [-0.2, 0) is 18.3 Å². The van der Waals surface area contributed by atoms with Gasteiger partial charge in [0.25, 0.3) is 0 Å². The summed E-state index contributed by atoms with van der Waals surface area (Å²) in [4.78, 5) is 6.46. The zero-order valence-electron chi connectivity index (χ0n) is 9.39. The van der Waals surface area contributed by atoms with Gasteiger partial charge in [-0.1, -0.05) is 0 Å². The van der Waals surface area contributed by atoms with Gasteiger partial charge in [-0.2, -0.15) is 12.6 Å². The predicted molar refractivity (Wildman–Crippen MR) is 64.2 cm³/mol. The van der Waals surface area contributed by atoms with E-state index in [2.05, 4.69) is 29.6 Å². The van der Waals surface area contributed by atoms with Gasteiger partial charge in [0, 0.05) is 31.7 Å². The van der Waals surface area contributed by atoms with Crippen molar-refractivity contribution in [3.8, 4) is 0 Å². The minimum atomic E-state index is 0.722. The van der Waals surface area contributed by atoms with Crippen LogP contribution in [0.3, 0.4) is 0 Å². The van der Waals surface area contributed by atoms with Crippen molar-refractivity contribution in [1.82, 2.24) is 14.5 Å². The lowest BCUT2D eigenvalue weighted by atomic mass is 10.5. The molecule has 5 heteroatoms. The van der Waals surface area contributed by atoms with Crippen LogP contribution >= 0.6 is 12.6 Å². The molecule has 0 radical (unpaired) electrons. The van der Waals surface area contributed by atoms with Gasteiger partial charge < -0.3 is 9.30 Å². The molecule has 15 heavy (non-hydrogen) atoms. The summed E-state index contributed by atoms with van der Waals surface area (Å²) in [6, 6.07) is 0. The molecule has 0 bridgehead atoms. The maximum atomic E-state index is 5.36. The summed E-state index contributed by atoms with van der Waals surface area (Å²) < 4.78 is 7.39. The van der Waals surface area contributed by atoms with E-state index in [1.54, 1.807) is 0 Å². The first-order valence-corrected chi connectivity index (χ1v) is 5.70. The molecule has 1 rings (SSSR count). The molecule has 0 spiro atoms. The van der Waals surface area contributed by atoms with Gasteiger partial charge in [-0.3, -0.25) is 4.90 Å². The molecular weight excluding hydrogens is 210 g/mol. The number of imidazole rings is 1. The highest BCUT2D eigenvalue weighted by atomic mass is 32.1. The Balaban J connectivity index is 2.18. The molecule has 0 saturated carbocycles. The normalized spacial score (nSPS) is 11.2. The zero-order chi connectivity index (χ0) is 11.1. The van der Waals surface area contributed by atoms with E-state index in [0.29, 0.717) is 0 Å². The van der Waals surface area contributed by atoms with E-state index in [1.807, 2.05) is 24.0 Å². The first-order chi connectivity index (χ1) is 7.24. The van der Waals surface area contributed by atoms with Crippen LogP contribution in [0.1, 0.15) is 5.82 Å². The molecule has 0 saturated heterocycles. The highest BCUT2D eigenvalue weighted by Gasteiger charge is 2.03. The lowest BCUT2D eigenvalue weighted by molar-refractivity contribution is 0.121. The van der Waals surface area contributed by atoms with Crippen molar-refractivity contribution in [3.05, 3.63) is 18.2 Å². The summed E-state index contributed by atoms with van der Waals surface area (Å²) in [5, 5.41) is 0. The molecule has 0 atom stereocenters. The number of aromatic nitrogens is 2. The van der Waals surface area contributed by atoms with Crippen molar-refractivity contribution in [3.63, 3.8) is 0 Å². The Bertz CT molecular complexity index is 277. The van der Waals surface area contributed by atoms with Crippen molar-refractivity contribution < 1.29 is 4.74 Å². The fourth-order valence-corrected chi connectivity index (χ4v) is 1.39. The Kier molecular flexibility index (Phi) is 5.75. The maximum Gasteiger partial charge on any atom is 0.122 e. The van der Waals surface area contributed by atoms with Crippen LogP contribution in [0.4, 0.5) is 0 Å². The molecule has 86 valence electrons. The standard InChI is InChI=1S/C10H19N3OS/c1-12(5-6-14-7-8-15)9-10-11-3-4-13(10)2/h3-4,15H,5-9H2,1-2H3. The van der Waals surface area contributed by atoms with Crippen LogP contribution in [0, 0.1) is 0 Å². The summed E-state index contributed by atoms with van der Waals surface area (Å²) in [6.45, 7) is 3.25. The summed E-state index contributed by atoms with van der Waals surface area (Å²) in [5.74, 6) is 1.86. The third-order valence-electron chi connectivity index (χ3n) is 2.19. The largest absolute Gasteiger partial charge is 0.379 e. The van der Waals surface area contributed by atoms with Crippen molar-refractivity contribution in [2.45, 2.75) is 6.54 Å². The second kappa shape index (κ2) is 6.87. The van der Waals surface area contributed by atoms with Crippen LogP contribution in [-0.4, -0.2) is 47.0 Å². The SMILES string of the molecule is CN(CCOCCS)Cc1nccn1C. The molecule has 0 N–H and O–H groups in total. The summed E-state index contributed by atoms with van der Waals surface area (Å²) in [6.07, 6.45) is 3.78. The van der Waals surface area contributed by atoms with E-state index in [0.717, 1.165) is 37.9 Å². The molecule has 1 aromatic rings. The fourth-order valence-electron chi connectivity index (χ4n) is 1.26. The van der Waals surface area contributed by atoms with E-state index in [-0.39, 0.29) is 0 Å². The molecule has 0 amide bonds. The van der Waals surface area contributed by atoms with Gasteiger partial charge in [0.15, 0.2) is 0 Å². The van der Waals surface area contributed by atoms with E-state index >= 15 is 0 Å². The van der Waals surface area contributed by atoms with E-state index in [9.17, 15) is 0 Å². The minimum absolute atomic E-state index is 0.722. The molecule has 0 aliphatic carbocycles. The number of aryl methyl sites for hydroxylation is 1. The van der Waals surface area contributed by atoms with E-state index in [1.165, 1.54) is 0 Å². The van der Waals surface area contributed by atoms with Gasteiger partial charge in [-0.05, 0) is 7.05 Å². The van der Waals surface area contributed by atoms with Crippen LogP contribution < -0.4 is 0 Å². The maximum absolute atomic E-state index is 5.36. The fraction of sp³-hybridized carbons (Fsp3) is 0.700. The van der Waals surface area contributed by atoms with Crippen LogP contribution in [0.25, 0.3) is 0 Å². The van der Waals surface area contributed by atoms with Crippen LogP contribution in [0.2, 0.25) is 0 Å². The Morgan fingerprint density at radius 1 is 1.53 bits per heavy atom. The van der Waals surface area contributed by atoms with Gasteiger partial charge >= 0.3 is 0 Å². The molecule has 0 aliphatic rings. The van der Waals surface area contributed by atoms with Crippen molar-refractivity contribution in [1.29, 1.82) is 0 Å². The first kappa shape index (κ1) is 12.5. The molecule has 1 heterocycles. The number of ether oxygens (including phenoxy) is 1. The average Bonchev–Trinajstić information content (AvgIpc) is 2.59. The van der Waals surface area contributed by atoms with Gasteiger partial charge in [0.05, 0.1) is 19.8 Å². The molecule has 0 unspecified atom stereocenters. The summed E-state index contributed by atoms with van der Waals surface area (Å²) in [7, 11) is 4.08. The molecule has 0 aliphatic heterocycles. The Morgan fingerprint density at radius 3 is 2.93 bits per heavy atom. The monoisotopic (exact) mass is 229 g/mol. The third kappa shape index (κ3) is 4.68. The second-order valence-corrected chi connectivity index (χ2v) is 3.98. The highest BCUT2D eigenvalue weighted by molar-refractivity contribution is 7.80. The number of thiol groups is 1. The number of hydrogen-bond acceptors (Lipinski definition) is 4. The van der Waals surface area contributed by atoms with E-state index in [4.69, 9.17) is 4.74 Å². The minimum Gasteiger partial charge on any atom is -0.379 e. The molecule has 4 nitrogen and oxygen atoms in total. The molecule has 1 aromatic heterocycles. The molecule has 0 fully saturated rings. The lowest BCUT2D eigenvalue weighted by Gasteiger charge is -2.15. The topological polar surface area (TPSA) is 30.3 Å². The Labute approximate surface area is 96.7 Å². The second-order valence-electron chi connectivity index (χ2n) is 3.53. The van der Waals surface area contributed by atoms with Gasteiger partial charge in [0.1, 0.15) is 5.82 Å². The van der Waals surface area contributed by atoms with Crippen LogP contribution in [0.5, 0.6) is 0 Å². The first-order valence-electron chi connectivity index (χ1n) is 5.07. The average molecular weight is 229 g/mol. The van der Waals surface area contributed by atoms with Crippen molar-refractivity contribution in [2.75, 3.05) is 32.6 Å². The summed E-state index contributed by atoms with van der Waals surface area (Å²) in [5.41, 5.74) is 0. The van der Waals surface area contributed by atoms with Crippen molar-refractivity contribution >= 4 is 12.6 Å². The van der Waals surface area contributed by atoms with Gasteiger partial charge in [-0.15, -0.1) is 0 Å². The number of nitrogens with zero attached hydrogens (tertiary/aromatic N) is 3. The predicted octanol–water partition coefficient (Wildman–Crippen LogP) is 0.798. The summed E-state index contributed by atoms with van der Waals surface area (Å²) >= 11 is 4.08. The van der Waals surface area contributed by atoms with Gasteiger partial charge in [0.2, 0.25) is 0 Å². The third-order valence-corrected chi connectivity index (χ3v) is 2.37.